The lowest BCUT2D eigenvalue weighted by molar-refractivity contribution is -0.138. The fourth-order valence-corrected chi connectivity index (χ4v) is 4.18. The number of esters is 1. The van der Waals surface area contributed by atoms with Gasteiger partial charge in [-0.1, -0.05) is 52.7 Å². The second kappa shape index (κ2) is 9.60. The summed E-state index contributed by atoms with van der Waals surface area (Å²) in [5.74, 6) is -2.00. The number of halogens is 2. The number of carbonyl (C=O) groups excluding carboxylic acids is 2. The van der Waals surface area contributed by atoms with E-state index in [0.717, 1.165) is 17.3 Å². The molecule has 2 aromatic carbocycles. The number of hydrogen-bond donors (Lipinski definition) is 2. The number of phenols is 1. The summed E-state index contributed by atoms with van der Waals surface area (Å²) in [6.07, 6.45) is 1.51. The number of aromatic hydroxyl groups is 1. The first kappa shape index (κ1) is 22.9. The van der Waals surface area contributed by atoms with Crippen molar-refractivity contribution in [2.45, 2.75) is 13.8 Å². The molecule has 0 atom stereocenters. The molecule has 6 nitrogen and oxygen atoms in total. The van der Waals surface area contributed by atoms with E-state index in [1.807, 2.05) is 6.92 Å². The number of nitrogens with zero attached hydrogens (tertiary/aromatic N) is 1. The Kier molecular flexibility index (Phi) is 7.10. The van der Waals surface area contributed by atoms with Gasteiger partial charge in [-0.05, 0) is 49.8 Å². The average Bonchev–Trinajstić information content (AvgIpc) is 3.01. The molecule has 0 bridgehead atoms. The molecule has 2 N–H and O–H groups in total. The standard InChI is InChI=1S/C22H17Cl2NO5S/c1-3-30-22(29)17-19(27)16(10-12-8-14(23)18(26)15(24)9-12)31-21(17)25-20(28)13-6-4-11(2)5-7-13/h4-10,26-27H,3H2,1-2H3/b16-10+,25-21?. The van der Waals surface area contributed by atoms with Gasteiger partial charge in [0.1, 0.15) is 16.4 Å². The Morgan fingerprint density at radius 3 is 2.32 bits per heavy atom. The lowest BCUT2D eigenvalue weighted by Gasteiger charge is -2.03. The van der Waals surface area contributed by atoms with Crippen molar-refractivity contribution in [2.24, 2.45) is 4.99 Å². The van der Waals surface area contributed by atoms with Gasteiger partial charge in [0.15, 0.2) is 5.75 Å². The molecule has 0 radical (unpaired) electrons. The molecule has 2 aromatic rings. The van der Waals surface area contributed by atoms with E-state index in [0.29, 0.717) is 11.1 Å². The molecule has 0 spiro atoms. The smallest absolute Gasteiger partial charge is 0.344 e. The number of carbonyl (C=O) groups is 2. The summed E-state index contributed by atoms with van der Waals surface area (Å²) >= 11 is 12.8. The van der Waals surface area contributed by atoms with Crippen LogP contribution in [0.1, 0.15) is 28.4 Å². The van der Waals surface area contributed by atoms with Crippen molar-refractivity contribution in [1.82, 2.24) is 0 Å². The highest BCUT2D eigenvalue weighted by Crippen LogP contribution is 2.41. The molecular weight excluding hydrogens is 461 g/mol. The number of aryl methyl sites for hydroxylation is 1. The molecule has 0 saturated carbocycles. The van der Waals surface area contributed by atoms with Crippen molar-refractivity contribution in [3.63, 3.8) is 0 Å². The molecular formula is C22H17Cl2NO5S. The molecule has 1 amide bonds. The summed E-state index contributed by atoms with van der Waals surface area (Å²) in [6.45, 7) is 3.61. The zero-order valence-corrected chi connectivity index (χ0v) is 18.8. The maximum atomic E-state index is 12.6. The highest BCUT2D eigenvalue weighted by molar-refractivity contribution is 8.18. The van der Waals surface area contributed by atoms with Crippen molar-refractivity contribution in [3.05, 3.63) is 79.4 Å². The molecule has 1 aliphatic heterocycles. The van der Waals surface area contributed by atoms with Crippen molar-refractivity contribution in [2.75, 3.05) is 6.61 Å². The number of aliphatic imine (C=N–C) groups is 1. The van der Waals surface area contributed by atoms with Crippen LogP contribution < -0.4 is 0 Å². The number of benzene rings is 2. The number of amides is 1. The molecule has 0 fully saturated rings. The third-order valence-electron chi connectivity index (χ3n) is 4.21. The Morgan fingerprint density at radius 1 is 1.13 bits per heavy atom. The number of ether oxygens (including phenoxy) is 1. The number of hydrogen-bond acceptors (Lipinski definition) is 6. The van der Waals surface area contributed by atoms with Crippen LogP contribution in [0.25, 0.3) is 6.08 Å². The molecule has 1 heterocycles. The Balaban J connectivity index is 2.03. The third kappa shape index (κ3) is 5.12. The summed E-state index contributed by atoms with van der Waals surface area (Å²) in [7, 11) is 0. The van der Waals surface area contributed by atoms with Gasteiger partial charge in [-0.3, -0.25) is 4.79 Å². The maximum absolute atomic E-state index is 12.6. The van der Waals surface area contributed by atoms with Gasteiger partial charge in [-0.25, -0.2) is 9.79 Å². The minimum absolute atomic E-state index is 0.0174. The van der Waals surface area contributed by atoms with Crippen LogP contribution >= 0.6 is 35.0 Å². The molecule has 0 unspecified atom stereocenters. The predicted octanol–water partition coefficient (Wildman–Crippen LogP) is 5.71. The summed E-state index contributed by atoms with van der Waals surface area (Å²) in [5.41, 5.74) is 1.60. The topological polar surface area (TPSA) is 96.2 Å². The maximum Gasteiger partial charge on any atom is 0.344 e. The van der Waals surface area contributed by atoms with E-state index in [1.165, 1.54) is 18.2 Å². The number of aliphatic hydroxyl groups is 1. The number of aliphatic hydroxyl groups excluding tert-OH is 1. The van der Waals surface area contributed by atoms with Crippen LogP contribution in [0, 0.1) is 6.92 Å². The van der Waals surface area contributed by atoms with E-state index >= 15 is 0 Å². The van der Waals surface area contributed by atoms with Gasteiger partial charge in [-0.15, -0.1) is 0 Å². The Morgan fingerprint density at radius 2 is 1.74 bits per heavy atom. The van der Waals surface area contributed by atoms with Gasteiger partial charge in [-0.2, -0.15) is 0 Å². The van der Waals surface area contributed by atoms with Crippen LogP contribution in [-0.2, 0) is 9.53 Å². The van der Waals surface area contributed by atoms with E-state index < -0.39 is 11.9 Å². The van der Waals surface area contributed by atoms with Gasteiger partial charge in [0, 0.05) is 5.56 Å². The van der Waals surface area contributed by atoms with Gasteiger partial charge in [0.2, 0.25) is 0 Å². The highest BCUT2D eigenvalue weighted by atomic mass is 35.5. The molecule has 0 saturated heterocycles. The highest BCUT2D eigenvalue weighted by Gasteiger charge is 2.34. The number of rotatable bonds is 4. The van der Waals surface area contributed by atoms with Crippen LogP contribution in [0.4, 0.5) is 0 Å². The van der Waals surface area contributed by atoms with E-state index in [4.69, 9.17) is 27.9 Å². The SMILES string of the molecule is CCOC(=O)C1=C(O)/C(=C\c2cc(Cl)c(O)c(Cl)c2)SC1=NC(=O)c1ccc(C)cc1. The van der Waals surface area contributed by atoms with Gasteiger partial charge in [0.25, 0.3) is 5.91 Å². The predicted molar refractivity (Wildman–Crippen MR) is 123 cm³/mol. The molecule has 9 heteroatoms. The lowest BCUT2D eigenvalue weighted by Crippen LogP contribution is -2.14. The largest absolute Gasteiger partial charge is 0.506 e. The lowest BCUT2D eigenvalue weighted by atomic mass is 10.1. The van der Waals surface area contributed by atoms with Crippen molar-refractivity contribution in [1.29, 1.82) is 0 Å². The molecule has 0 aliphatic carbocycles. The van der Waals surface area contributed by atoms with Crippen LogP contribution in [0.2, 0.25) is 10.0 Å². The molecule has 1 aliphatic rings. The zero-order valence-electron chi connectivity index (χ0n) is 16.5. The quantitative estimate of drug-likeness (QED) is 0.547. The fraction of sp³-hybridized carbons (Fsp3) is 0.136. The van der Waals surface area contributed by atoms with E-state index in [2.05, 4.69) is 4.99 Å². The summed E-state index contributed by atoms with van der Waals surface area (Å²) < 4.78 is 5.02. The third-order valence-corrected chi connectivity index (χ3v) is 5.80. The zero-order chi connectivity index (χ0) is 22.7. The van der Waals surface area contributed by atoms with E-state index in [1.54, 1.807) is 31.2 Å². The van der Waals surface area contributed by atoms with Gasteiger partial charge in [0.05, 0.1) is 21.6 Å². The number of phenolic OH excluding ortho intramolecular Hbond substituents is 1. The van der Waals surface area contributed by atoms with Crippen molar-refractivity contribution >= 4 is 58.0 Å². The molecule has 160 valence electrons. The average molecular weight is 478 g/mol. The first-order valence-electron chi connectivity index (χ1n) is 9.09. The van der Waals surface area contributed by atoms with Gasteiger partial charge < -0.3 is 14.9 Å². The summed E-state index contributed by atoms with van der Waals surface area (Å²) in [4.78, 5) is 29.3. The van der Waals surface area contributed by atoms with Crippen molar-refractivity contribution < 1.29 is 24.5 Å². The van der Waals surface area contributed by atoms with Crippen LogP contribution in [0.15, 0.2) is 57.6 Å². The Hall–Kier alpha value is -2.74. The Bertz CT molecular complexity index is 1130. The minimum Gasteiger partial charge on any atom is -0.506 e. The van der Waals surface area contributed by atoms with Crippen LogP contribution in [-0.4, -0.2) is 33.7 Å². The summed E-state index contributed by atoms with van der Waals surface area (Å²) in [6, 6.07) is 9.70. The van der Waals surface area contributed by atoms with E-state index in [9.17, 15) is 19.8 Å². The molecule has 3 rings (SSSR count). The Labute approximate surface area is 192 Å². The van der Waals surface area contributed by atoms with Crippen LogP contribution in [0.3, 0.4) is 0 Å². The monoisotopic (exact) mass is 477 g/mol. The summed E-state index contributed by atoms with van der Waals surface area (Å²) in [5, 5.41) is 20.5. The second-order valence-corrected chi connectivity index (χ2v) is 8.32. The second-order valence-electron chi connectivity index (χ2n) is 6.48. The fourth-order valence-electron chi connectivity index (χ4n) is 2.66. The first-order chi connectivity index (χ1) is 14.7. The van der Waals surface area contributed by atoms with E-state index in [-0.39, 0.29) is 43.7 Å². The molecule has 31 heavy (non-hydrogen) atoms. The first-order valence-corrected chi connectivity index (χ1v) is 10.7. The number of thioether (sulfide) groups is 1. The van der Waals surface area contributed by atoms with Crippen molar-refractivity contribution in [3.8, 4) is 5.75 Å². The van der Waals surface area contributed by atoms with Crippen LogP contribution in [0.5, 0.6) is 5.75 Å². The van der Waals surface area contributed by atoms with Gasteiger partial charge >= 0.3 is 5.97 Å². The minimum atomic E-state index is -0.798. The molecule has 0 aromatic heterocycles. The normalized spacial score (nSPS) is 16.3.